The van der Waals surface area contributed by atoms with Crippen LogP contribution in [0.25, 0.3) is 0 Å². The summed E-state index contributed by atoms with van der Waals surface area (Å²) in [5.74, 6) is -0.251. The van der Waals surface area contributed by atoms with Crippen LogP contribution in [0.2, 0.25) is 5.02 Å². The Morgan fingerprint density at radius 2 is 2.21 bits per heavy atom. The molecule has 1 aromatic heterocycles. The first-order chi connectivity index (χ1) is 9.19. The summed E-state index contributed by atoms with van der Waals surface area (Å²) in [6.07, 6.45) is 1.44. The van der Waals surface area contributed by atoms with Crippen molar-refractivity contribution in [3.05, 3.63) is 64.4 Å². The molecule has 0 atom stereocenters. The van der Waals surface area contributed by atoms with E-state index < -0.39 is 0 Å². The lowest BCUT2D eigenvalue weighted by Crippen LogP contribution is -2.22. The van der Waals surface area contributed by atoms with Crippen molar-refractivity contribution < 1.29 is 4.79 Å². The fourth-order valence-corrected chi connectivity index (χ4v) is 1.78. The van der Waals surface area contributed by atoms with Crippen LogP contribution in [0.15, 0.2) is 42.6 Å². The van der Waals surface area contributed by atoms with E-state index in [4.69, 9.17) is 16.9 Å². The second kappa shape index (κ2) is 5.98. The number of aromatic nitrogens is 1. The zero-order chi connectivity index (χ0) is 13.7. The van der Waals surface area contributed by atoms with Crippen molar-refractivity contribution in [1.29, 1.82) is 5.26 Å². The predicted octanol–water partition coefficient (Wildman–Crippen LogP) is 2.54. The number of amides is 1. The van der Waals surface area contributed by atoms with Crippen LogP contribution >= 0.6 is 11.6 Å². The highest BCUT2D eigenvalue weighted by Crippen LogP contribution is 2.10. The molecule has 0 spiro atoms. The number of carbonyl (C=O) groups excluding carboxylic acids is 1. The molecule has 2 rings (SSSR count). The van der Waals surface area contributed by atoms with E-state index in [0.717, 1.165) is 5.56 Å². The van der Waals surface area contributed by atoms with E-state index in [-0.39, 0.29) is 11.6 Å². The lowest BCUT2D eigenvalue weighted by Gasteiger charge is -2.05. The third kappa shape index (κ3) is 3.54. The van der Waals surface area contributed by atoms with Crippen LogP contribution in [0, 0.1) is 11.3 Å². The normalized spacial score (nSPS) is 9.68. The van der Waals surface area contributed by atoms with Gasteiger partial charge in [-0.1, -0.05) is 23.7 Å². The molecule has 0 saturated heterocycles. The summed E-state index contributed by atoms with van der Waals surface area (Å²) < 4.78 is 0. The lowest BCUT2D eigenvalue weighted by atomic mass is 10.2. The summed E-state index contributed by atoms with van der Waals surface area (Å²) in [6.45, 7) is 0.379. The van der Waals surface area contributed by atoms with Crippen molar-refractivity contribution in [3.63, 3.8) is 0 Å². The van der Waals surface area contributed by atoms with E-state index in [1.807, 2.05) is 18.2 Å². The second-order valence-electron chi connectivity index (χ2n) is 3.85. The zero-order valence-electron chi connectivity index (χ0n) is 9.93. The van der Waals surface area contributed by atoms with E-state index in [2.05, 4.69) is 10.3 Å². The molecule has 1 aromatic carbocycles. The van der Waals surface area contributed by atoms with Crippen LogP contribution < -0.4 is 5.32 Å². The van der Waals surface area contributed by atoms with Gasteiger partial charge in [0.1, 0.15) is 11.8 Å². The molecule has 19 heavy (non-hydrogen) atoms. The highest BCUT2D eigenvalue weighted by molar-refractivity contribution is 6.30. The Balaban J connectivity index is 2.03. The molecule has 0 unspecified atom stereocenters. The number of hydrogen-bond donors (Lipinski definition) is 1. The van der Waals surface area contributed by atoms with Gasteiger partial charge in [-0.15, -0.1) is 0 Å². The van der Waals surface area contributed by atoms with Crippen LogP contribution in [-0.4, -0.2) is 10.9 Å². The first kappa shape index (κ1) is 13.1. The van der Waals surface area contributed by atoms with E-state index in [0.29, 0.717) is 17.1 Å². The molecular weight excluding hydrogens is 262 g/mol. The largest absolute Gasteiger partial charge is 0.348 e. The minimum absolute atomic E-state index is 0.218. The Hall–Kier alpha value is -2.38. The highest BCUT2D eigenvalue weighted by atomic mass is 35.5. The van der Waals surface area contributed by atoms with Gasteiger partial charge in [0, 0.05) is 23.3 Å². The molecule has 2 aromatic rings. The van der Waals surface area contributed by atoms with E-state index in [9.17, 15) is 4.79 Å². The van der Waals surface area contributed by atoms with E-state index in [1.165, 1.54) is 12.3 Å². The highest BCUT2D eigenvalue weighted by Gasteiger charge is 2.06. The Morgan fingerprint density at radius 1 is 1.37 bits per heavy atom. The maximum absolute atomic E-state index is 11.9. The molecule has 5 heteroatoms. The van der Waals surface area contributed by atoms with Crippen molar-refractivity contribution in [3.8, 4) is 6.07 Å². The van der Waals surface area contributed by atoms with Gasteiger partial charge in [0.2, 0.25) is 0 Å². The first-order valence-corrected chi connectivity index (χ1v) is 5.95. The molecule has 0 bridgehead atoms. The lowest BCUT2D eigenvalue weighted by molar-refractivity contribution is 0.0950. The second-order valence-corrected chi connectivity index (χ2v) is 4.29. The van der Waals surface area contributed by atoms with Gasteiger partial charge in [-0.3, -0.25) is 4.79 Å². The van der Waals surface area contributed by atoms with Crippen LogP contribution in [0.4, 0.5) is 0 Å². The predicted molar refractivity (Wildman–Crippen MR) is 71.6 cm³/mol. The van der Waals surface area contributed by atoms with Gasteiger partial charge in [-0.2, -0.15) is 5.26 Å². The monoisotopic (exact) mass is 271 g/mol. The molecule has 0 aliphatic rings. The summed E-state index contributed by atoms with van der Waals surface area (Å²) in [6, 6.07) is 12.2. The van der Waals surface area contributed by atoms with Crippen molar-refractivity contribution in [2.24, 2.45) is 0 Å². The molecule has 4 nitrogen and oxygen atoms in total. The number of halogens is 1. The van der Waals surface area contributed by atoms with Gasteiger partial charge in [-0.25, -0.2) is 4.98 Å². The number of nitriles is 1. The molecule has 0 aliphatic carbocycles. The Labute approximate surface area is 115 Å². The average Bonchev–Trinajstić information content (AvgIpc) is 2.45. The van der Waals surface area contributed by atoms with Crippen molar-refractivity contribution in [2.75, 3.05) is 0 Å². The molecule has 1 heterocycles. The van der Waals surface area contributed by atoms with Crippen molar-refractivity contribution in [2.45, 2.75) is 6.54 Å². The topological polar surface area (TPSA) is 65.8 Å². The first-order valence-electron chi connectivity index (χ1n) is 5.58. The smallest absolute Gasteiger partial charge is 0.251 e. The van der Waals surface area contributed by atoms with E-state index in [1.54, 1.807) is 18.2 Å². The SMILES string of the molecule is N#Cc1cc(C(=O)NCc2cccc(Cl)c2)ccn1. The molecule has 0 fully saturated rings. The molecule has 0 radical (unpaired) electrons. The number of hydrogen-bond acceptors (Lipinski definition) is 3. The Kier molecular flexibility index (Phi) is 4.11. The number of nitrogens with zero attached hydrogens (tertiary/aromatic N) is 2. The molecular formula is C14H10ClN3O. The Bertz CT molecular complexity index is 649. The minimum Gasteiger partial charge on any atom is -0.348 e. The van der Waals surface area contributed by atoms with Gasteiger partial charge in [-0.05, 0) is 29.8 Å². The van der Waals surface area contributed by atoms with Crippen LogP contribution in [-0.2, 0) is 6.54 Å². The van der Waals surface area contributed by atoms with Gasteiger partial charge in [0.25, 0.3) is 5.91 Å². The summed E-state index contributed by atoms with van der Waals surface area (Å²) in [7, 11) is 0. The third-order valence-electron chi connectivity index (χ3n) is 2.48. The number of nitrogens with one attached hydrogen (secondary N) is 1. The van der Waals surface area contributed by atoms with Gasteiger partial charge in [0.15, 0.2) is 0 Å². The van der Waals surface area contributed by atoms with Crippen LogP contribution in [0.1, 0.15) is 21.6 Å². The number of benzene rings is 1. The maximum Gasteiger partial charge on any atom is 0.251 e. The third-order valence-corrected chi connectivity index (χ3v) is 2.71. The summed E-state index contributed by atoms with van der Waals surface area (Å²) in [5, 5.41) is 12.1. The van der Waals surface area contributed by atoms with Crippen molar-refractivity contribution in [1.82, 2.24) is 10.3 Å². The van der Waals surface area contributed by atoms with E-state index >= 15 is 0 Å². The summed E-state index contributed by atoms with van der Waals surface area (Å²) in [4.78, 5) is 15.7. The minimum atomic E-state index is -0.251. The molecule has 1 N–H and O–H groups in total. The number of carbonyl (C=O) groups is 1. The molecule has 0 saturated carbocycles. The zero-order valence-corrected chi connectivity index (χ0v) is 10.7. The molecule has 94 valence electrons. The summed E-state index contributed by atoms with van der Waals surface area (Å²) >= 11 is 5.86. The fourth-order valence-electron chi connectivity index (χ4n) is 1.56. The molecule has 0 aliphatic heterocycles. The number of rotatable bonds is 3. The van der Waals surface area contributed by atoms with Crippen LogP contribution in [0.3, 0.4) is 0 Å². The standard InChI is InChI=1S/C14H10ClN3O/c15-12-3-1-2-10(6-12)9-18-14(19)11-4-5-17-13(7-11)8-16/h1-7H,9H2,(H,18,19). The van der Waals surface area contributed by atoms with Gasteiger partial charge in [0.05, 0.1) is 0 Å². The Morgan fingerprint density at radius 3 is 2.95 bits per heavy atom. The van der Waals surface area contributed by atoms with Crippen molar-refractivity contribution >= 4 is 17.5 Å². The maximum atomic E-state index is 11.9. The average molecular weight is 272 g/mol. The van der Waals surface area contributed by atoms with Gasteiger partial charge < -0.3 is 5.32 Å². The number of pyridine rings is 1. The summed E-state index contributed by atoms with van der Waals surface area (Å²) in [5.41, 5.74) is 1.54. The quantitative estimate of drug-likeness (QED) is 0.933. The van der Waals surface area contributed by atoms with Crippen LogP contribution in [0.5, 0.6) is 0 Å². The molecule has 1 amide bonds. The fraction of sp³-hybridized carbons (Fsp3) is 0.0714. The van der Waals surface area contributed by atoms with Gasteiger partial charge >= 0.3 is 0 Å².